The van der Waals surface area contributed by atoms with Crippen LogP contribution in [0, 0.1) is 5.92 Å². The van der Waals surface area contributed by atoms with Crippen molar-refractivity contribution in [3.05, 3.63) is 28.5 Å². The Morgan fingerprint density at radius 3 is 2.72 bits per heavy atom. The number of halogens is 1. The van der Waals surface area contributed by atoms with Crippen LogP contribution in [0.1, 0.15) is 23.2 Å². The van der Waals surface area contributed by atoms with Crippen LogP contribution in [0.15, 0.2) is 22.9 Å². The lowest BCUT2D eigenvalue weighted by Gasteiger charge is -2.06. The van der Waals surface area contributed by atoms with Gasteiger partial charge in [-0.2, -0.15) is 0 Å². The summed E-state index contributed by atoms with van der Waals surface area (Å²) in [6.45, 7) is 0.893. The zero-order valence-electron chi connectivity index (χ0n) is 9.78. The van der Waals surface area contributed by atoms with Crippen LogP contribution in [0.25, 0.3) is 0 Å². The standard InChI is InChI=1S/C12H14BrN3O2/c13-10-7-9(3-4-14-10)12(18)16-6-5-15-11(17)8-1-2-8/h3-4,7-8H,1-2,5-6H2,(H,15,17)(H,16,18). The minimum atomic E-state index is -0.168. The van der Waals surface area contributed by atoms with E-state index in [-0.39, 0.29) is 17.7 Å². The Morgan fingerprint density at radius 1 is 1.33 bits per heavy atom. The van der Waals surface area contributed by atoms with Gasteiger partial charge in [-0.3, -0.25) is 9.59 Å². The second kappa shape index (κ2) is 5.95. The molecule has 1 aromatic rings. The van der Waals surface area contributed by atoms with Crippen molar-refractivity contribution in [1.29, 1.82) is 0 Å². The molecule has 5 nitrogen and oxygen atoms in total. The number of carbonyl (C=O) groups is 2. The highest BCUT2D eigenvalue weighted by Gasteiger charge is 2.28. The van der Waals surface area contributed by atoms with E-state index >= 15 is 0 Å². The molecule has 6 heteroatoms. The van der Waals surface area contributed by atoms with Crippen LogP contribution >= 0.6 is 15.9 Å². The molecule has 1 aliphatic carbocycles. The Balaban J connectivity index is 1.69. The highest BCUT2D eigenvalue weighted by Crippen LogP contribution is 2.28. The molecule has 2 rings (SSSR count). The first kappa shape index (κ1) is 13.0. The second-order valence-corrected chi connectivity index (χ2v) is 5.00. The molecule has 0 aliphatic heterocycles. The van der Waals surface area contributed by atoms with Crippen LogP contribution in [0.3, 0.4) is 0 Å². The summed E-state index contributed by atoms with van der Waals surface area (Å²) in [7, 11) is 0. The average Bonchev–Trinajstić information content (AvgIpc) is 3.18. The van der Waals surface area contributed by atoms with Crippen LogP contribution in [0.4, 0.5) is 0 Å². The number of amides is 2. The van der Waals surface area contributed by atoms with E-state index in [9.17, 15) is 9.59 Å². The van der Waals surface area contributed by atoms with Gasteiger partial charge >= 0.3 is 0 Å². The lowest BCUT2D eigenvalue weighted by molar-refractivity contribution is -0.122. The lowest BCUT2D eigenvalue weighted by Crippen LogP contribution is -2.35. The molecule has 2 N–H and O–H groups in total. The van der Waals surface area contributed by atoms with Crippen molar-refractivity contribution in [2.24, 2.45) is 5.92 Å². The first-order valence-electron chi connectivity index (χ1n) is 5.84. The molecular weight excluding hydrogens is 298 g/mol. The molecular formula is C12H14BrN3O2. The maximum atomic E-state index is 11.7. The van der Waals surface area contributed by atoms with Gasteiger partial charge in [0.1, 0.15) is 4.60 Å². The lowest BCUT2D eigenvalue weighted by atomic mass is 10.2. The molecule has 0 radical (unpaired) electrons. The van der Waals surface area contributed by atoms with Crippen molar-refractivity contribution in [3.63, 3.8) is 0 Å². The van der Waals surface area contributed by atoms with Gasteiger partial charge in [-0.15, -0.1) is 0 Å². The van der Waals surface area contributed by atoms with Crippen LogP contribution in [-0.2, 0) is 4.79 Å². The fourth-order valence-corrected chi connectivity index (χ4v) is 1.86. The predicted molar refractivity (Wildman–Crippen MR) is 70.0 cm³/mol. The fraction of sp³-hybridized carbons (Fsp3) is 0.417. The van der Waals surface area contributed by atoms with Gasteiger partial charge in [0.2, 0.25) is 5.91 Å². The minimum absolute atomic E-state index is 0.0934. The average molecular weight is 312 g/mol. The third-order valence-corrected chi connectivity index (χ3v) is 3.08. The zero-order chi connectivity index (χ0) is 13.0. The van der Waals surface area contributed by atoms with Gasteiger partial charge in [-0.1, -0.05) is 0 Å². The van der Waals surface area contributed by atoms with Crippen molar-refractivity contribution in [2.75, 3.05) is 13.1 Å². The number of hydrogen-bond donors (Lipinski definition) is 2. The Labute approximate surface area is 113 Å². The van der Waals surface area contributed by atoms with Gasteiger partial charge in [0.15, 0.2) is 0 Å². The van der Waals surface area contributed by atoms with E-state index in [0.717, 1.165) is 12.8 Å². The molecule has 96 valence electrons. The van der Waals surface area contributed by atoms with E-state index in [2.05, 4.69) is 31.5 Å². The maximum absolute atomic E-state index is 11.7. The Hall–Kier alpha value is -1.43. The summed E-state index contributed by atoms with van der Waals surface area (Å²) in [5.41, 5.74) is 0.547. The van der Waals surface area contributed by atoms with E-state index in [0.29, 0.717) is 23.3 Å². The largest absolute Gasteiger partial charge is 0.354 e. The molecule has 2 amide bonds. The van der Waals surface area contributed by atoms with Gasteiger partial charge in [0, 0.05) is 30.8 Å². The normalized spacial score (nSPS) is 14.1. The molecule has 1 aromatic heterocycles. The van der Waals surface area contributed by atoms with E-state index < -0.39 is 0 Å². The van der Waals surface area contributed by atoms with Gasteiger partial charge in [0.05, 0.1) is 0 Å². The van der Waals surface area contributed by atoms with Crippen molar-refractivity contribution in [1.82, 2.24) is 15.6 Å². The van der Waals surface area contributed by atoms with Crippen molar-refractivity contribution in [2.45, 2.75) is 12.8 Å². The number of aromatic nitrogens is 1. The highest BCUT2D eigenvalue weighted by atomic mass is 79.9. The van der Waals surface area contributed by atoms with Crippen LogP contribution < -0.4 is 10.6 Å². The van der Waals surface area contributed by atoms with E-state index in [4.69, 9.17) is 0 Å². The summed E-state index contributed by atoms with van der Waals surface area (Å²) in [4.78, 5) is 27.0. The fourth-order valence-electron chi connectivity index (χ4n) is 1.50. The first-order valence-corrected chi connectivity index (χ1v) is 6.63. The number of rotatable bonds is 5. The molecule has 0 aromatic carbocycles. The Kier molecular flexibility index (Phi) is 4.30. The topological polar surface area (TPSA) is 71.1 Å². The third kappa shape index (κ3) is 3.80. The highest BCUT2D eigenvalue weighted by molar-refractivity contribution is 9.10. The summed E-state index contributed by atoms with van der Waals surface area (Å²) in [6.07, 6.45) is 3.54. The maximum Gasteiger partial charge on any atom is 0.251 e. The van der Waals surface area contributed by atoms with Gasteiger partial charge < -0.3 is 10.6 Å². The Bertz CT molecular complexity index is 460. The predicted octanol–water partition coefficient (Wildman–Crippen LogP) is 1.10. The molecule has 18 heavy (non-hydrogen) atoms. The van der Waals surface area contributed by atoms with E-state index in [1.54, 1.807) is 18.3 Å². The van der Waals surface area contributed by atoms with Crippen molar-refractivity contribution in [3.8, 4) is 0 Å². The van der Waals surface area contributed by atoms with Crippen LogP contribution in [-0.4, -0.2) is 29.9 Å². The number of hydrogen-bond acceptors (Lipinski definition) is 3. The summed E-state index contributed by atoms with van der Waals surface area (Å²) >= 11 is 3.21. The monoisotopic (exact) mass is 311 g/mol. The smallest absolute Gasteiger partial charge is 0.251 e. The molecule has 1 aliphatic rings. The first-order chi connectivity index (χ1) is 8.66. The SMILES string of the molecule is O=C(NCCNC(=O)C1CC1)c1ccnc(Br)c1. The van der Waals surface area contributed by atoms with Gasteiger partial charge in [0.25, 0.3) is 5.91 Å². The third-order valence-electron chi connectivity index (χ3n) is 2.65. The molecule has 0 spiro atoms. The summed E-state index contributed by atoms with van der Waals surface area (Å²) < 4.78 is 0.622. The molecule has 1 saturated carbocycles. The molecule has 1 heterocycles. The number of nitrogens with one attached hydrogen (secondary N) is 2. The summed E-state index contributed by atoms with van der Waals surface area (Å²) in [6, 6.07) is 3.29. The van der Waals surface area contributed by atoms with Crippen LogP contribution in [0.2, 0.25) is 0 Å². The summed E-state index contributed by atoms with van der Waals surface area (Å²) in [5.74, 6) is 0.131. The molecule has 0 saturated heterocycles. The molecule has 0 atom stereocenters. The number of carbonyl (C=O) groups excluding carboxylic acids is 2. The molecule has 0 bridgehead atoms. The Morgan fingerprint density at radius 2 is 2.06 bits per heavy atom. The quantitative estimate of drug-likeness (QED) is 0.632. The molecule has 1 fully saturated rings. The number of pyridine rings is 1. The van der Waals surface area contributed by atoms with Crippen molar-refractivity contribution < 1.29 is 9.59 Å². The van der Waals surface area contributed by atoms with E-state index in [1.807, 2.05) is 0 Å². The van der Waals surface area contributed by atoms with Crippen molar-refractivity contribution >= 4 is 27.7 Å². The minimum Gasteiger partial charge on any atom is -0.354 e. The molecule has 0 unspecified atom stereocenters. The van der Waals surface area contributed by atoms with Crippen LogP contribution in [0.5, 0.6) is 0 Å². The summed E-state index contributed by atoms with van der Waals surface area (Å²) in [5, 5.41) is 5.53. The second-order valence-electron chi connectivity index (χ2n) is 4.19. The van der Waals surface area contributed by atoms with Gasteiger partial charge in [-0.05, 0) is 40.9 Å². The number of nitrogens with zero attached hydrogens (tertiary/aromatic N) is 1. The van der Waals surface area contributed by atoms with Gasteiger partial charge in [-0.25, -0.2) is 4.98 Å². The zero-order valence-corrected chi connectivity index (χ0v) is 11.4. The van der Waals surface area contributed by atoms with E-state index in [1.165, 1.54) is 0 Å².